The minimum absolute atomic E-state index is 0.0569. The van der Waals surface area contributed by atoms with Crippen molar-refractivity contribution >= 4 is 33.0 Å². The average molecular weight is 432 g/mol. The lowest BCUT2D eigenvalue weighted by atomic mass is 10.2. The lowest BCUT2D eigenvalue weighted by molar-refractivity contribution is -0.122. The molecule has 2 aliphatic rings. The molecule has 9 heteroatoms. The molecule has 2 heterocycles. The van der Waals surface area contributed by atoms with Crippen molar-refractivity contribution in [2.24, 2.45) is 0 Å². The van der Waals surface area contributed by atoms with Gasteiger partial charge in [-0.3, -0.25) is 9.10 Å². The number of carbonyl (C=O) groups excluding carboxylic acids is 1. The summed E-state index contributed by atoms with van der Waals surface area (Å²) in [6.07, 6.45) is -0.944. The number of fused-ring (bicyclic) bond motifs is 1. The fraction of sp³-hybridized carbons (Fsp3) is 0.381. The normalized spacial score (nSPS) is 19.0. The molecule has 0 aliphatic carbocycles. The molecule has 1 atom stereocenters. The molecule has 2 aromatic rings. The molecule has 0 bridgehead atoms. The van der Waals surface area contributed by atoms with Crippen molar-refractivity contribution in [3.05, 3.63) is 48.5 Å². The highest BCUT2D eigenvalue weighted by atomic mass is 32.2. The molecule has 0 aromatic heterocycles. The van der Waals surface area contributed by atoms with Crippen LogP contribution in [0.1, 0.15) is 6.92 Å². The van der Waals surface area contributed by atoms with Gasteiger partial charge in [0, 0.05) is 24.5 Å². The number of benzene rings is 2. The van der Waals surface area contributed by atoms with Crippen LogP contribution in [0.15, 0.2) is 48.5 Å². The van der Waals surface area contributed by atoms with Crippen LogP contribution in [0.4, 0.5) is 17.1 Å². The van der Waals surface area contributed by atoms with Gasteiger partial charge in [0.2, 0.25) is 10.0 Å². The Labute approximate surface area is 176 Å². The number of hydrogen-bond donors (Lipinski definition) is 1. The number of anilines is 3. The molecule has 1 saturated heterocycles. The second-order valence-electron chi connectivity index (χ2n) is 7.14. The third kappa shape index (κ3) is 4.22. The fourth-order valence-corrected chi connectivity index (χ4v) is 4.68. The van der Waals surface area contributed by atoms with Gasteiger partial charge in [0.15, 0.2) is 6.10 Å². The van der Waals surface area contributed by atoms with Gasteiger partial charge in [-0.05, 0) is 43.3 Å². The van der Waals surface area contributed by atoms with Gasteiger partial charge < -0.3 is 19.7 Å². The minimum Gasteiger partial charge on any atom is -0.476 e. The smallest absolute Gasteiger partial charge is 0.267 e. The zero-order valence-electron chi connectivity index (χ0n) is 16.8. The van der Waals surface area contributed by atoms with Crippen LogP contribution in [0.5, 0.6) is 5.75 Å². The molecule has 2 aromatic carbocycles. The van der Waals surface area contributed by atoms with Gasteiger partial charge in [-0.15, -0.1) is 0 Å². The maximum atomic E-state index is 12.8. The van der Waals surface area contributed by atoms with Gasteiger partial charge in [-0.1, -0.05) is 12.1 Å². The third-order valence-electron chi connectivity index (χ3n) is 5.24. The number of nitrogens with one attached hydrogen (secondary N) is 1. The summed E-state index contributed by atoms with van der Waals surface area (Å²) in [6.45, 7) is 4.60. The molecule has 1 fully saturated rings. The molecule has 1 N–H and O–H groups in total. The zero-order chi connectivity index (χ0) is 21.1. The Bertz CT molecular complexity index is 1000. The standard InChI is InChI=1S/C21H25N3O5S/c1-2-30(26,27)24-15-20(29-19-6-4-3-5-18(19)24)21(25)22-16-7-9-17(10-8-16)23-11-13-28-14-12-23/h3-10,20H,2,11-15H2,1H3,(H,22,25)/t20-/m1/s1. The highest BCUT2D eigenvalue weighted by Gasteiger charge is 2.35. The lowest BCUT2D eigenvalue weighted by Gasteiger charge is -2.34. The molecule has 1 amide bonds. The first kappa shape index (κ1) is 20.5. The number of carbonyl (C=O) groups is 1. The number of ether oxygens (including phenoxy) is 2. The number of para-hydroxylation sites is 2. The van der Waals surface area contributed by atoms with E-state index in [0.717, 1.165) is 18.8 Å². The Morgan fingerprint density at radius 2 is 1.80 bits per heavy atom. The highest BCUT2D eigenvalue weighted by molar-refractivity contribution is 7.92. The van der Waals surface area contributed by atoms with Gasteiger partial charge in [0.1, 0.15) is 5.75 Å². The van der Waals surface area contributed by atoms with Gasteiger partial charge in [0.25, 0.3) is 5.91 Å². The molecule has 0 unspecified atom stereocenters. The molecule has 0 radical (unpaired) electrons. The van der Waals surface area contributed by atoms with E-state index < -0.39 is 16.1 Å². The Kier molecular flexibility index (Phi) is 5.83. The topological polar surface area (TPSA) is 88.2 Å². The average Bonchev–Trinajstić information content (AvgIpc) is 2.79. The molecular formula is C21H25N3O5S. The van der Waals surface area contributed by atoms with Crippen molar-refractivity contribution in [2.75, 3.05) is 53.1 Å². The summed E-state index contributed by atoms with van der Waals surface area (Å²) in [7, 11) is -3.53. The van der Waals surface area contributed by atoms with E-state index in [1.54, 1.807) is 31.2 Å². The summed E-state index contributed by atoms with van der Waals surface area (Å²) in [6, 6.07) is 14.4. The summed E-state index contributed by atoms with van der Waals surface area (Å²) < 4.78 is 37.6. The largest absolute Gasteiger partial charge is 0.476 e. The maximum absolute atomic E-state index is 12.8. The van der Waals surface area contributed by atoms with Crippen LogP contribution in [0.3, 0.4) is 0 Å². The maximum Gasteiger partial charge on any atom is 0.267 e. The molecule has 0 saturated carbocycles. The number of morpholine rings is 1. The first-order chi connectivity index (χ1) is 14.5. The van der Waals surface area contributed by atoms with E-state index in [2.05, 4.69) is 10.2 Å². The van der Waals surface area contributed by atoms with E-state index in [1.807, 2.05) is 24.3 Å². The van der Waals surface area contributed by atoms with Crippen LogP contribution in [0, 0.1) is 0 Å². The first-order valence-electron chi connectivity index (χ1n) is 9.97. The van der Waals surface area contributed by atoms with Gasteiger partial charge in [-0.2, -0.15) is 0 Å². The fourth-order valence-electron chi connectivity index (χ4n) is 3.56. The van der Waals surface area contributed by atoms with Crippen LogP contribution >= 0.6 is 0 Å². The molecular weight excluding hydrogens is 406 g/mol. The lowest BCUT2D eigenvalue weighted by Crippen LogP contribution is -2.49. The van der Waals surface area contributed by atoms with E-state index in [0.29, 0.717) is 30.3 Å². The van der Waals surface area contributed by atoms with E-state index in [4.69, 9.17) is 9.47 Å². The predicted molar refractivity (Wildman–Crippen MR) is 116 cm³/mol. The van der Waals surface area contributed by atoms with Crippen molar-refractivity contribution in [3.63, 3.8) is 0 Å². The number of nitrogens with zero attached hydrogens (tertiary/aromatic N) is 2. The number of rotatable bonds is 5. The Morgan fingerprint density at radius 3 is 2.50 bits per heavy atom. The SMILES string of the molecule is CCS(=O)(=O)N1C[C@H](C(=O)Nc2ccc(N3CCOCC3)cc2)Oc2ccccc21. The highest BCUT2D eigenvalue weighted by Crippen LogP contribution is 2.35. The summed E-state index contributed by atoms with van der Waals surface area (Å²) >= 11 is 0. The van der Waals surface area contributed by atoms with Gasteiger partial charge in [0.05, 0.1) is 31.2 Å². The van der Waals surface area contributed by atoms with E-state index >= 15 is 0 Å². The zero-order valence-corrected chi connectivity index (χ0v) is 17.6. The van der Waals surface area contributed by atoms with E-state index in [9.17, 15) is 13.2 Å². The van der Waals surface area contributed by atoms with Crippen molar-refractivity contribution in [2.45, 2.75) is 13.0 Å². The van der Waals surface area contributed by atoms with Crippen LogP contribution in [-0.2, 0) is 19.6 Å². The van der Waals surface area contributed by atoms with E-state index in [1.165, 1.54) is 4.31 Å². The van der Waals surface area contributed by atoms with E-state index in [-0.39, 0.29) is 18.2 Å². The molecule has 2 aliphatic heterocycles. The first-order valence-corrected chi connectivity index (χ1v) is 11.6. The monoisotopic (exact) mass is 431 g/mol. The Hall–Kier alpha value is -2.78. The summed E-state index contributed by atoms with van der Waals surface area (Å²) in [5, 5.41) is 2.83. The summed E-state index contributed by atoms with van der Waals surface area (Å²) in [4.78, 5) is 15.1. The molecule has 8 nitrogen and oxygen atoms in total. The number of sulfonamides is 1. The second kappa shape index (κ2) is 8.53. The quantitative estimate of drug-likeness (QED) is 0.780. The molecule has 4 rings (SSSR count). The van der Waals surface area contributed by atoms with Crippen LogP contribution in [0.25, 0.3) is 0 Å². The van der Waals surface area contributed by atoms with Crippen molar-refractivity contribution < 1.29 is 22.7 Å². The second-order valence-corrected chi connectivity index (χ2v) is 9.32. The van der Waals surface area contributed by atoms with Crippen LogP contribution in [0.2, 0.25) is 0 Å². The van der Waals surface area contributed by atoms with Gasteiger partial charge in [-0.25, -0.2) is 8.42 Å². The predicted octanol–water partition coefficient (Wildman–Crippen LogP) is 2.08. The summed E-state index contributed by atoms with van der Waals surface area (Å²) in [5.74, 6) is -0.0675. The van der Waals surface area contributed by atoms with Crippen molar-refractivity contribution in [1.82, 2.24) is 0 Å². The number of amides is 1. The van der Waals surface area contributed by atoms with Crippen LogP contribution < -0.4 is 19.3 Å². The molecule has 0 spiro atoms. The van der Waals surface area contributed by atoms with Crippen molar-refractivity contribution in [3.8, 4) is 5.75 Å². The summed E-state index contributed by atoms with van der Waals surface area (Å²) in [5.41, 5.74) is 2.15. The van der Waals surface area contributed by atoms with Gasteiger partial charge >= 0.3 is 0 Å². The third-order valence-corrected chi connectivity index (χ3v) is 6.99. The Morgan fingerprint density at radius 1 is 1.10 bits per heavy atom. The Balaban J connectivity index is 1.48. The molecule has 160 valence electrons. The minimum atomic E-state index is -3.53. The number of hydrogen-bond acceptors (Lipinski definition) is 6. The van der Waals surface area contributed by atoms with Crippen molar-refractivity contribution in [1.29, 1.82) is 0 Å². The van der Waals surface area contributed by atoms with Crippen LogP contribution in [-0.4, -0.2) is 59.0 Å². The molecule has 30 heavy (non-hydrogen) atoms.